The third kappa shape index (κ3) is 4.83. The number of methoxy groups -OCH3 is 1. The number of hydrogen-bond acceptors (Lipinski definition) is 3. The minimum atomic E-state index is -0.424. The van der Waals surface area contributed by atoms with Crippen LogP contribution >= 0.6 is 11.6 Å². The summed E-state index contributed by atoms with van der Waals surface area (Å²) in [6, 6.07) is 16.3. The number of carbonyl (C=O) groups excluding carboxylic acids is 2. The normalized spacial score (nSPS) is 13.0. The first-order valence-electron chi connectivity index (χ1n) is 8.13. The molecule has 25 heavy (non-hydrogen) atoms. The Balaban J connectivity index is 2.32. The zero-order valence-electron chi connectivity index (χ0n) is 14.6. The Kier molecular flexibility index (Phi) is 6.59. The molecule has 0 saturated heterocycles. The summed E-state index contributed by atoms with van der Waals surface area (Å²) in [4.78, 5) is 26.6. The van der Waals surface area contributed by atoms with Gasteiger partial charge in [0.25, 0.3) is 5.91 Å². The van der Waals surface area contributed by atoms with Gasteiger partial charge in [0, 0.05) is 17.1 Å². The molecule has 4 nitrogen and oxygen atoms in total. The molecule has 0 saturated carbocycles. The molecule has 0 radical (unpaired) electrons. The Bertz CT molecular complexity index is 715. The Hall–Kier alpha value is -2.33. The van der Waals surface area contributed by atoms with E-state index in [0.29, 0.717) is 10.6 Å². The number of esters is 1. The second-order valence-electron chi connectivity index (χ2n) is 5.98. The number of amides is 1. The van der Waals surface area contributed by atoms with Crippen LogP contribution < -0.4 is 0 Å². The molecule has 0 N–H and O–H groups in total. The van der Waals surface area contributed by atoms with Gasteiger partial charge >= 0.3 is 5.97 Å². The van der Waals surface area contributed by atoms with Crippen molar-refractivity contribution in [2.75, 3.05) is 13.7 Å². The van der Waals surface area contributed by atoms with Crippen molar-refractivity contribution in [1.29, 1.82) is 0 Å². The summed E-state index contributed by atoms with van der Waals surface area (Å²) < 4.78 is 4.81. The van der Waals surface area contributed by atoms with Gasteiger partial charge < -0.3 is 9.64 Å². The lowest BCUT2D eigenvalue weighted by Crippen LogP contribution is -2.39. The minimum Gasteiger partial charge on any atom is -0.469 e. The summed E-state index contributed by atoms with van der Waals surface area (Å²) in [5.41, 5.74) is 1.53. The standard InChI is InChI=1S/C20H22ClNO3/c1-14(20(24)25-3)13-22(15(2)16-7-5-4-6-8-16)19(23)17-9-11-18(21)12-10-17/h4-12,14-15H,13H2,1-3H3. The van der Waals surface area contributed by atoms with Crippen molar-refractivity contribution in [1.82, 2.24) is 4.90 Å². The second-order valence-corrected chi connectivity index (χ2v) is 6.41. The summed E-state index contributed by atoms with van der Waals surface area (Å²) in [6.07, 6.45) is 0. The molecule has 132 valence electrons. The molecule has 0 aliphatic rings. The molecule has 0 aliphatic heterocycles. The van der Waals surface area contributed by atoms with Crippen molar-refractivity contribution in [2.45, 2.75) is 19.9 Å². The quantitative estimate of drug-likeness (QED) is 0.720. The van der Waals surface area contributed by atoms with Gasteiger partial charge in [0.15, 0.2) is 0 Å². The van der Waals surface area contributed by atoms with Crippen LogP contribution in [0.1, 0.15) is 35.8 Å². The lowest BCUT2D eigenvalue weighted by Gasteiger charge is -2.31. The number of ether oxygens (including phenoxy) is 1. The third-order valence-electron chi connectivity index (χ3n) is 4.18. The SMILES string of the molecule is COC(=O)C(C)CN(C(=O)c1ccc(Cl)cc1)C(C)c1ccccc1. The van der Waals surface area contributed by atoms with Gasteiger partial charge in [-0.1, -0.05) is 48.9 Å². The van der Waals surface area contributed by atoms with Gasteiger partial charge in [-0.25, -0.2) is 0 Å². The number of halogens is 1. The van der Waals surface area contributed by atoms with Crippen LogP contribution in [-0.4, -0.2) is 30.4 Å². The highest BCUT2D eigenvalue weighted by Gasteiger charge is 2.27. The first-order chi connectivity index (χ1) is 11.9. The van der Waals surface area contributed by atoms with E-state index in [1.807, 2.05) is 37.3 Å². The van der Waals surface area contributed by atoms with Gasteiger partial charge in [-0.3, -0.25) is 9.59 Å². The summed E-state index contributed by atoms with van der Waals surface area (Å²) in [5.74, 6) is -0.912. The Morgan fingerprint density at radius 3 is 2.20 bits per heavy atom. The van der Waals surface area contributed by atoms with Gasteiger partial charge in [-0.05, 0) is 36.8 Å². The van der Waals surface area contributed by atoms with Crippen LogP contribution in [0.5, 0.6) is 0 Å². The maximum absolute atomic E-state index is 13.0. The van der Waals surface area contributed by atoms with Gasteiger partial charge in [0.2, 0.25) is 0 Å². The van der Waals surface area contributed by atoms with Gasteiger partial charge in [0.05, 0.1) is 19.1 Å². The van der Waals surface area contributed by atoms with E-state index < -0.39 is 5.92 Å². The Morgan fingerprint density at radius 2 is 1.64 bits per heavy atom. The zero-order chi connectivity index (χ0) is 18.4. The lowest BCUT2D eigenvalue weighted by atomic mass is 10.0. The van der Waals surface area contributed by atoms with E-state index in [1.54, 1.807) is 36.1 Å². The van der Waals surface area contributed by atoms with E-state index in [4.69, 9.17) is 16.3 Å². The molecule has 2 atom stereocenters. The predicted octanol–water partition coefficient (Wildman–Crippen LogP) is 4.35. The average Bonchev–Trinajstić information content (AvgIpc) is 2.65. The van der Waals surface area contributed by atoms with Crippen LogP contribution in [0.3, 0.4) is 0 Å². The van der Waals surface area contributed by atoms with E-state index in [2.05, 4.69) is 0 Å². The molecule has 2 unspecified atom stereocenters. The fourth-order valence-corrected chi connectivity index (χ4v) is 2.78. The Morgan fingerprint density at radius 1 is 1.04 bits per heavy atom. The van der Waals surface area contributed by atoms with Crippen LogP contribution in [0.15, 0.2) is 54.6 Å². The van der Waals surface area contributed by atoms with E-state index >= 15 is 0 Å². The minimum absolute atomic E-state index is 0.149. The third-order valence-corrected chi connectivity index (χ3v) is 4.43. The number of rotatable bonds is 6. The summed E-state index contributed by atoms with van der Waals surface area (Å²) in [7, 11) is 1.35. The predicted molar refractivity (Wildman–Crippen MR) is 98.5 cm³/mol. The fourth-order valence-electron chi connectivity index (χ4n) is 2.66. The molecule has 2 aromatic rings. The monoisotopic (exact) mass is 359 g/mol. The summed E-state index contributed by atoms with van der Waals surface area (Å²) in [6.45, 7) is 3.98. The van der Waals surface area contributed by atoms with Crippen molar-refractivity contribution in [3.63, 3.8) is 0 Å². The molecule has 0 aliphatic carbocycles. The molecule has 0 fully saturated rings. The van der Waals surface area contributed by atoms with Crippen molar-refractivity contribution in [3.05, 3.63) is 70.7 Å². The largest absolute Gasteiger partial charge is 0.469 e. The number of hydrogen-bond donors (Lipinski definition) is 0. The maximum atomic E-state index is 13.0. The van der Waals surface area contributed by atoms with Crippen LogP contribution in [0.4, 0.5) is 0 Å². The molecule has 0 heterocycles. The molecule has 0 bridgehead atoms. The number of nitrogens with zero attached hydrogens (tertiary/aromatic N) is 1. The fraction of sp³-hybridized carbons (Fsp3) is 0.300. The molecule has 1 amide bonds. The van der Waals surface area contributed by atoms with Crippen LogP contribution in [0.25, 0.3) is 0 Å². The van der Waals surface area contributed by atoms with Gasteiger partial charge in [-0.2, -0.15) is 0 Å². The van der Waals surface area contributed by atoms with E-state index in [-0.39, 0.29) is 24.5 Å². The molecule has 5 heteroatoms. The average molecular weight is 360 g/mol. The van der Waals surface area contributed by atoms with Crippen LogP contribution in [0.2, 0.25) is 5.02 Å². The zero-order valence-corrected chi connectivity index (χ0v) is 15.4. The number of carbonyl (C=O) groups is 2. The van der Waals surface area contributed by atoms with Crippen molar-refractivity contribution >= 4 is 23.5 Å². The maximum Gasteiger partial charge on any atom is 0.310 e. The van der Waals surface area contributed by atoms with E-state index in [9.17, 15) is 9.59 Å². The smallest absolute Gasteiger partial charge is 0.310 e. The van der Waals surface area contributed by atoms with E-state index in [0.717, 1.165) is 5.56 Å². The van der Waals surface area contributed by atoms with Crippen molar-refractivity contribution in [3.8, 4) is 0 Å². The topological polar surface area (TPSA) is 46.6 Å². The molecular weight excluding hydrogens is 338 g/mol. The highest BCUT2D eigenvalue weighted by atomic mass is 35.5. The molecule has 0 spiro atoms. The summed E-state index contributed by atoms with van der Waals surface area (Å²) in [5, 5.41) is 0.571. The van der Waals surface area contributed by atoms with Crippen LogP contribution in [0, 0.1) is 5.92 Å². The molecule has 2 aromatic carbocycles. The molecule has 0 aromatic heterocycles. The second kappa shape index (κ2) is 8.67. The Labute approximate surface area is 153 Å². The van der Waals surface area contributed by atoms with E-state index in [1.165, 1.54) is 7.11 Å². The summed E-state index contributed by atoms with van der Waals surface area (Å²) >= 11 is 5.91. The van der Waals surface area contributed by atoms with Crippen molar-refractivity contribution in [2.24, 2.45) is 5.92 Å². The van der Waals surface area contributed by atoms with Crippen molar-refractivity contribution < 1.29 is 14.3 Å². The van der Waals surface area contributed by atoms with Gasteiger partial charge in [0.1, 0.15) is 0 Å². The molecule has 2 rings (SSSR count). The highest BCUT2D eigenvalue weighted by molar-refractivity contribution is 6.30. The molecular formula is C20H22ClNO3. The van der Waals surface area contributed by atoms with Gasteiger partial charge in [-0.15, -0.1) is 0 Å². The van der Waals surface area contributed by atoms with Crippen LogP contribution in [-0.2, 0) is 9.53 Å². The first-order valence-corrected chi connectivity index (χ1v) is 8.51. The number of benzene rings is 2. The lowest BCUT2D eigenvalue weighted by molar-refractivity contribution is -0.145. The first kappa shape index (κ1) is 19.0. The highest BCUT2D eigenvalue weighted by Crippen LogP contribution is 2.24.